The molecule has 3 rings (SSSR count). The van der Waals surface area contributed by atoms with Crippen LogP contribution >= 0.6 is 0 Å². The Hall–Kier alpha value is -3.34. The Kier molecular flexibility index (Phi) is 8.20. The van der Waals surface area contributed by atoms with Crippen molar-refractivity contribution in [2.45, 2.75) is 32.2 Å². The Morgan fingerprint density at radius 2 is 1.94 bits per heavy atom. The van der Waals surface area contributed by atoms with Crippen molar-refractivity contribution >= 4 is 17.7 Å². The number of likely N-dealkylation sites (tertiary alicyclic amines) is 1. The largest absolute Gasteiger partial charge is 0.490 e. The molecule has 0 radical (unpaired) electrons. The van der Waals surface area contributed by atoms with Gasteiger partial charge in [0.15, 0.2) is 0 Å². The fourth-order valence-electron chi connectivity index (χ4n) is 2.79. The summed E-state index contributed by atoms with van der Waals surface area (Å²) in [5, 5.41) is 10.0. The van der Waals surface area contributed by atoms with E-state index in [0.29, 0.717) is 25.5 Å². The second-order valence-corrected chi connectivity index (χ2v) is 6.73. The number of halogens is 3. The van der Waals surface area contributed by atoms with E-state index in [9.17, 15) is 18.0 Å². The number of ether oxygens (including phenoxy) is 1. The first-order chi connectivity index (χ1) is 14.6. The van der Waals surface area contributed by atoms with Crippen molar-refractivity contribution in [1.82, 2.24) is 9.88 Å². The average Bonchev–Trinajstić information content (AvgIpc) is 3.16. The number of carbonyl (C=O) groups excluding carboxylic acids is 1. The first kappa shape index (κ1) is 23.9. The average molecular weight is 440 g/mol. The third-order valence-corrected chi connectivity index (χ3v) is 4.21. The lowest BCUT2D eigenvalue weighted by molar-refractivity contribution is -0.192. The highest BCUT2D eigenvalue weighted by molar-refractivity contribution is 5.89. The van der Waals surface area contributed by atoms with Gasteiger partial charge >= 0.3 is 18.2 Å². The molecule has 0 unspecified atom stereocenters. The molecule has 1 aromatic carbocycles. The van der Waals surface area contributed by atoms with Gasteiger partial charge in [-0.25, -0.2) is 14.6 Å². The molecule has 1 aromatic heterocycles. The molecule has 4 N–H and O–H groups in total. The SMILES string of the molecule is Cc1cc(CN)cc(O[C@H]2CCN(C(=O)Nc3ccccc3)C2)n1.O=C(O)C(F)(F)F. The summed E-state index contributed by atoms with van der Waals surface area (Å²) < 4.78 is 37.7. The summed E-state index contributed by atoms with van der Waals surface area (Å²) in [4.78, 5) is 27.3. The number of hydrogen-bond donors (Lipinski definition) is 3. The van der Waals surface area contributed by atoms with Crippen LogP contribution in [0.4, 0.5) is 23.7 Å². The van der Waals surface area contributed by atoms with E-state index < -0.39 is 12.1 Å². The van der Waals surface area contributed by atoms with Gasteiger partial charge in [-0.15, -0.1) is 0 Å². The molecule has 1 saturated heterocycles. The number of nitrogens with one attached hydrogen (secondary N) is 1. The van der Waals surface area contributed by atoms with E-state index in [1.807, 2.05) is 49.4 Å². The summed E-state index contributed by atoms with van der Waals surface area (Å²) in [7, 11) is 0. The van der Waals surface area contributed by atoms with Crippen LogP contribution in [0.15, 0.2) is 42.5 Å². The van der Waals surface area contributed by atoms with Crippen molar-refractivity contribution in [1.29, 1.82) is 0 Å². The summed E-state index contributed by atoms with van der Waals surface area (Å²) in [6.45, 7) is 3.58. The number of rotatable bonds is 4. The molecular formula is C20H23F3N4O4. The number of hydrogen-bond acceptors (Lipinski definition) is 5. The molecule has 1 aliphatic heterocycles. The molecule has 2 heterocycles. The zero-order chi connectivity index (χ0) is 23.0. The van der Waals surface area contributed by atoms with Crippen LogP contribution in [0.5, 0.6) is 5.88 Å². The Bertz CT molecular complexity index is 894. The predicted molar refractivity (Wildman–Crippen MR) is 107 cm³/mol. The standard InChI is InChI=1S/C18H22N4O2.C2HF3O2/c1-13-9-14(11-19)10-17(20-13)24-16-7-8-22(12-16)18(23)21-15-5-3-2-4-6-15;3-2(4,5)1(6)7/h2-6,9-10,16H,7-8,11-12,19H2,1H3,(H,21,23);(H,6,7)/t16-;/m0./s1. The summed E-state index contributed by atoms with van der Waals surface area (Å²) in [6.07, 6.45) is -4.35. The minimum absolute atomic E-state index is 0.0496. The summed E-state index contributed by atoms with van der Waals surface area (Å²) in [5.74, 6) is -2.18. The molecule has 0 spiro atoms. The van der Waals surface area contributed by atoms with Gasteiger partial charge in [-0.05, 0) is 30.7 Å². The molecule has 8 nitrogen and oxygen atoms in total. The van der Waals surface area contributed by atoms with E-state index in [-0.39, 0.29) is 12.1 Å². The highest BCUT2D eigenvalue weighted by Crippen LogP contribution is 2.19. The highest BCUT2D eigenvalue weighted by Gasteiger charge is 2.38. The van der Waals surface area contributed by atoms with Gasteiger partial charge in [-0.3, -0.25) is 0 Å². The Balaban J connectivity index is 0.000000423. The van der Waals surface area contributed by atoms with Crippen LogP contribution in [0.25, 0.3) is 0 Å². The summed E-state index contributed by atoms with van der Waals surface area (Å²) in [5.41, 5.74) is 8.35. The summed E-state index contributed by atoms with van der Waals surface area (Å²) in [6, 6.07) is 13.1. The molecule has 11 heteroatoms. The van der Waals surface area contributed by atoms with Crippen LogP contribution in [0.3, 0.4) is 0 Å². The van der Waals surface area contributed by atoms with Gasteiger partial charge in [-0.1, -0.05) is 18.2 Å². The molecule has 1 fully saturated rings. The Morgan fingerprint density at radius 1 is 1.29 bits per heavy atom. The molecular weight excluding hydrogens is 417 g/mol. The number of anilines is 1. The lowest BCUT2D eigenvalue weighted by Crippen LogP contribution is -2.34. The molecule has 0 aliphatic carbocycles. The number of urea groups is 1. The number of carbonyl (C=O) groups is 2. The third kappa shape index (κ3) is 7.78. The van der Waals surface area contributed by atoms with Crippen LogP contribution in [-0.2, 0) is 11.3 Å². The number of carboxylic acids is 1. The van der Waals surface area contributed by atoms with E-state index in [1.54, 1.807) is 4.90 Å². The number of alkyl halides is 3. The van der Waals surface area contributed by atoms with Crippen LogP contribution in [0, 0.1) is 6.92 Å². The molecule has 1 atom stereocenters. The van der Waals surface area contributed by atoms with Crippen molar-refractivity contribution in [3.05, 3.63) is 53.7 Å². The zero-order valence-corrected chi connectivity index (χ0v) is 16.7. The first-order valence-corrected chi connectivity index (χ1v) is 9.34. The molecule has 2 amide bonds. The molecule has 2 aromatic rings. The highest BCUT2D eigenvalue weighted by atomic mass is 19.4. The third-order valence-electron chi connectivity index (χ3n) is 4.21. The molecule has 168 valence electrons. The van der Waals surface area contributed by atoms with E-state index in [2.05, 4.69) is 10.3 Å². The van der Waals surface area contributed by atoms with E-state index in [4.69, 9.17) is 20.4 Å². The fourth-order valence-corrected chi connectivity index (χ4v) is 2.79. The quantitative estimate of drug-likeness (QED) is 0.672. The first-order valence-electron chi connectivity index (χ1n) is 9.34. The molecule has 0 bridgehead atoms. The van der Waals surface area contributed by atoms with Gasteiger partial charge in [0.05, 0.1) is 6.54 Å². The number of para-hydroxylation sites is 1. The smallest absolute Gasteiger partial charge is 0.475 e. The van der Waals surface area contributed by atoms with Crippen molar-refractivity contribution in [3.63, 3.8) is 0 Å². The van der Waals surface area contributed by atoms with E-state index in [1.165, 1.54) is 0 Å². The lowest BCUT2D eigenvalue weighted by Gasteiger charge is -2.18. The van der Waals surface area contributed by atoms with Crippen LogP contribution in [0.2, 0.25) is 0 Å². The molecule has 1 aliphatic rings. The number of amides is 2. The van der Waals surface area contributed by atoms with Gasteiger partial charge in [-0.2, -0.15) is 13.2 Å². The summed E-state index contributed by atoms with van der Waals surface area (Å²) >= 11 is 0. The Labute approximate surface area is 176 Å². The maximum absolute atomic E-state index is 12.3. The van der Waals surface area contributed by atoms with Crippen LogP contribution < -0.4 is 15.8 Å². The molecule has 31 heavy (non-hydrogen) atoms. The lowest BCUT2D eigenvalue weighted by atomic mass is 10.2. The number of aliphatic carboxylic acids is 1. The molecule has 0 saturated carbocycles. The number of carboxylic acid groups (broad SMARTS) is 1. The number of pyridine rings is 1. The normalized spacial score (nSPS) is 15.6. The van der Waals surface area contributed by atoms with Crippen molar-refractivity contribution in [2.24, 2.45) is 5.73 Å². The van der Waals surface area contributed by atoms with Crippen molar-refractivity contribution in [2.75, 3.05) is 18.4 Å². The van der Waals surface area contributed by atoms with Gasteiger partial charge in [0.1, 0.15) is 6.10 Å². The maximum atomic E-state index is 12.3. The second-order valence-electron chi connectivity index (χ2n) is 6.73. The second kappa shape index (κ2) is 10.6. The van der Waals surface area contributed by atoms with Gasteiger partial charge in [0.25, 0.3) is 0 Å². The monoisotopic (exact) mass is 440 g/mol. The number of nitrogens with two attached hydrogens (primary N) is 1. The fraction of sp³-hybridized carbons (Fsp3) is 0.350. The minimum Gasteiger partial charge on any atom is -0.475 e. The van der Waals surface area contributed by atoms with Crippen LogP contribution in [0.1, 0.15) is 17.7 Å². The van der Waals surface area contributed by atoms with Crippen molar-refractivity contribution in [3.8, 4) is 5.88 Å². The minimum atomic E-state index is -5.08. The van der Waals surface area contributed by atoms with E-state index in [0.717, 1.165) is 23.4 Å². The Morgan fingerprint density at radius 3 is 2.52 bits per heavy atom. The predicted octanol–water partition coefficient (Wildman–Crippen LogP) is 3.17. The van der Waals surface area contributed by atoms with Gasteiger partial charge in [0.2, 0.25) is 5.88 Å². The number of aryl methyl sites for hydroxylation is 1. The maximum Gasteiger partial charge on any atom is 0.490 e. The van der Waals surface area contributed by atoms with Gasteiger partial charge < -0.3 is 25.8 Å². The number of benzene rings is 1. The van der Waals surface area contributed by atoms with Crippen molar-refractivity contribution < 1.29 is 32.6 Å². The van der Waals surface area contributed by atoms with Gasteiger partial charge in [0, 0.05) is 37.0 Å². The van der Waals surface area contributed by atoms with Crippen LogP contribution in [-0.4, -0.2) is 52.4 Å². The zero-order valence-electron chi connectivity index (χ0n) is 16.7. The topological polar surface area (TPSA) is 118 Å². The number of nitrogens with zero attached hydrogens (tertiary/aromatic N) is 2. The van der Waals surface area contributed by atoms with E-state index >= 15 is 0 Å². The number of aromatic nitrogens is 1.